The van der Waals surface area contributed by atoms with Gasteiger partial charge in [0.15, 0.2) is 0 Å². The fraction of sp³-hybridized carbons (Fsp3) is 0.538. The van der Waals surface area contributed by atoms with E-state index in [4.69, 9.17) is 9.84 Å². The van der Waals surface area contributed by atoms with Gasteiger partial charge in [0.2, 0.25) is 0 Å². The van der Waals surface area contributed by atoms with Gasteiger partial charge in [-0.2, -0.15) is 0 Å². The third kappa shape index (κ3) is 2.82. The van der Waals surface area contributed by atoms with Crippen molar-refractivity contribution in [3.05, 3.63) is 35.4 Å². The topological polar surface area (TPSA) is 32.7 Å². The number of aliphatic hydroxyl groups excluding tert-OH is 1. The summed E-state index contributed by atoms with van der Waals surface area (Å²) in [4.78, 5) is 2.33. The summed E-state index contributed by atoms with van der Waals surface area (Å²) in [6, 6.07) is 8.68. The number of rotatable bonds is 4. The molecule has 16 heavy (non-hydrogen) atoms. The Bertz CT molecular complexity index is 317. The Hall–Kier alpha value is -0.900. The van der Waals surface area contributed by atoms with E-state index >= 15 is 0 Å². The summed E-state index contributed by atoms with van der Waals surface area (Å²) in [5.41, 5.74) is 2.25. The highest BCUT2D eigenvalue weighted by molar-refractivity contribution is 5.21. The number of ether oxygens (including phenoxy) is 1. The first kappa shape index (κ1) is 11.6. The first-order valence-electron chi connectivity index (χ1n) is 5.76. The molecule has 1 aliphatic rings. The van der Waals surface area contributed by atoms with Crippen LogP contribution in [0.25, 0.3) is 0 Å². The van der Waals surface area contributed by atoms with Gasteiger partial charge in [-0.05, 0) is 24.6 Å². The van der Waals surface area contributed by atoms with Crippen LogP contribution in [-0.2, 0) is 17.9 Å². The molecular formula is C13H19NO2. The second-order valence-corrected chi connectivity index (χ2v) is 4.41. The lowest BCUT2D eigenvalue weighted by Crippen LogP contribution is -2.31. The van der Waals surface area contributed by atoms with Crippen LogP contribution < -0.4 is 0 Å². The maximum absolute atomic E-state index is 8.96. The molecule has 0 aromatic heterocycles. The highest BCUT2D eigenvalue weighted by Crippen LogP contribution is 2.14. The maximum Gasteiger partial charge on any atom is 0.0681 e. The molecule has 2 rings (SSSR count). The molecule has 0 aliphatic carbocycles. The van der Waals surface area contributed by atoms with Gasteiger partial charge in [-0.1, -0.05) is 24.3 Å². The van der Waals surface area contributed by atoms with Gasteiger partial charge in [-0.3, -0.25) is 4.90 Å². The number of nitrogens with zero attached hydrogens (tertiary/aromatic N) is 1. The van der Waals surface area contributed by atoms with Crippen LogP contribution >= 0.6 is 0 Å². The van der Waals surface area contributed by atoms with Crippen LogP contribution in [0.3, 0.4) is 0 Å². The van der Waals surface area contributed by atoms with Crippen molar-refractivity contribution in [2.24, 2.45) is 0 Å². The Kier molecular flexibility index (Phi) is 3.93. The normalized spacial score (nSPS) is 20.6. The van der Waals surface area contributed by atoms with Crippen LogP contribution in [0.4, 0.5) is 0 Å². The van der Waals surface area contributed by atoms with Crippen LogP contribution in [0.2, 0.25) is 0 Å². The van der Waals surface area contributed by atoms with E-state index in [1.807, 2.05) is 12.1 Å². The van der Waals surface area contributed by atoms with Crippen molar-refractivity contribution in [1.29, 1.82) is 0 Å². The molecule has 1 aromatic carbocycles. The summed E-state index contributed by atoms with van der Waals surface area (Å²) in [7, 11) is 2.14. The van der Waals surface area contributed by atoms with E-state index < -0.39 is 0 Å². The third-order valence-electron chi connectivity index (χ3n) is 3.17. The number of likely N-dealkylation sites (N-methyl/N-ethyl adjacent to an activating group) is 1. The Morgan fingerprint density at radius 2 is 2.00 bits per heavy atom. The largest absolute Gasteiger partial charge is 0.392 e. The summed E-state index contributed by atoms with van der Waals surface area (Å²) in [6.07, 6.45) is 1.13. The van der Waals surface area contributed by atoms with Crippen molar-refractivity contribution < 1.29 is 9.84 Å². The summed E-state index contributed by atoms with van der Waals surface area (Å²) >= 11 is 0. The molecule has 1 heterocycles. The van der Waals surface area contributed by atoms with E-state index in [9.17, 15) is 0 Å². The smallest absolute Gasteiger partial charge is 0.0681 e. The average molecular weight is 221 g/mol. The van der Waals surface area contributed by atoms with Crippen molar-refractivity contribution in [3.8, 4) is 0 Å². The van der Waals surface area contributed by atoms with E-state index in [1.54, 1.807) is 0 Å². The van der Waals surface area contributed by atoms with Gasteiger partial charge >= 0.3 is 0 Å². The molecule has 1 fully saturated rings. The van der Waals surface area contributed by atoms with E-state index in [1.165, 1.54) is 5.56 Å². The summed E-state index contributed by atoms with van der Waals surface area (Å²) in [5.74, 6) is 0. The van der Waals surface area contributed by atoms with Gasteiger partial charge in [-0.15, -0.1) is 0 Å². The minimum Gasteiger partial charge on any atom is -0.392 e. The van der Waals surface area contributed by atoms with Crippen molar-refractivity contribution in [2.45, 2.75) is 25.6 Å². The first-order chi connectivity index (χ1) is 7.79. The molecule has 0 spiro atoms. The molecule has 88 valence electrons. The number of benzene rings is 1. The second-order valence-electron chi connectivity index (χ2n) is 4.41. The molecule has 1 atom stereocenters. The van der Waals surface area contributed by atoms with E-state index in [2.05, 4.69) is 24.1 Å². The van der Waals surface area contributed by atoms with Gasteiger partial charge in [0.25, 0.3) is 0 Å². The molecule has 0 bridgehead atoms. The number of aliphatic hydroxyl groups is 1. The van der Waals surface area contributed by atoms with Crippen LogP contribution in [0.1, 0.15) is 17.5 Å². The molecule has 1 N–H and O–H groups in total. The molecule has 1 aromatic rings. The predicted octanol–water partition coefficient (Wildman–Crippen LogP) is 1.40. The first-order valence-corrected chi connectivity index (χ1v) is 5.76. The average Bonchev–Trinajstić information content (AvgIpc) is 2.83. The summed E-state index contributed by atoms with van der Waals surface area (Å²) < 4.78 is 5.38. The highest BCUT2D eigenvalue weighted by atomic mass is 16.5. The molecule has 0 radical (unpaired) electrons. The lowest BCUT2D eigenvalue weighted by atomic mass is 10.1. The molecule has 0 saturated carbocycles. The van der Waals surface area contributed by atoms with Gasteiger partial charge in [-0.25, -0.2) is 0 Å². The second kappa shape index (κ2) is 5.43. The molecule has 3 heteroatoms. The Morgan fingerprint density at radius 3 is 2.56 bits per heavy atom. The van der Waals surface area contributed by atoms with Crippen molar-refractivity contribution in [3.63, 3.8) is 0 Å². The van der Waals surface area contributed by atoms with Crippen LogP contribution in [0.15, 0.2) is 24.3 Å². The molecule has 0 amide bonds. The van der Waals surface area contributed by atoms with E-state index in [-0.39, 0.29) is 6.61 Å². The predicted molar refractivity (Wildman–Crippen MR) is 63.1 cm³/mol. The standard InChI is InChI=1S/C13H19NO2/c1-14(13-6-7-16-10-13)8-11-2-4-12(9-15)5-3-11/h2-5,13,15H,6-10H2,1H3. The van der Waals surface area contributed by atoms with Gasteiger partial charge in [0.05, 0.1) is 13.2 Å². The quantitative estimate of drug-likeness (QED) is 0.834. The van der Waals surface area contributed by atoms with Gasteiger partial charge in [0.1, 0.15) is 0 Å². The molecule has 3 nitrogen and oxygen atoms in total. The van der Waals surface area contributed by atoms with Crippen molar-refractivity contribution >= 4 is 0 Å². The van der Waals surface area contributed by atoms with Gasteiger partial charge < -0.3 is 9.84 Å². The minimum absolute atomic E-state index is 0.118. The zero-order valence-corrected chi connectivity index (χ0v) is 9.72. The Morgan fingerprint density at radius 1 is 1.31 bits per heavy atom. The van der Waals surface area contributed by atoms with Crippen molar-refractivity contribution in [2.75, 3.05) is 20.3 Å². The zero-order chi connectivity index (χ0) is 11.4. The molecule has 1 saturated heterocycles. The Labute approximate surface area is 96.6 Å². The Balaban J connectivity index is 1.92. The molecule has 1 aliphatic heterocycles. The zero-order valence-electron chi connectivity index (χ0n) is 9.72. The summed E-state index contributed by atoms with van der Waals surface area (Å²) in [6.45, 7) is 2.80. The van der Waals surface area contributed by atoms with Crippen LogP contribution in [0.5, 0.6) is 0 Å². The number of hydrogen-bond acceptors (Lipinski definition) is 3. The van der Waals surface area contributed by atoms with E-state index in [0.29, 0.717) is 6.04 Å². The lowest BCUT2D eigenvalue weighted by Gasteiger charge is -2.22. The van der Waals surface area contributed by atoms with Crippen LogP contribution in [0, 0.1) is 0 Å². The van der Waals surface area contributed by atoms with Crippen molar-refractivity contribution in [1.82, 2.24) is 4.90 Å². The number of hydrogen-bond donors (Lipinski definition) is 1. The highest BCUT2D eigenvalue weighted by Gasteiger charge is 2.19. The lowest BCUT2D eigenvalue weighted by molar-refractivity contribution is 0.156. The molecular weight excluding hydrogens is 202 g/mol. The SMILES string of the molecule is CN(Cc1ccc(CO)cc1)C1CCOC1. The van der Waals surface area contributed by atoms with Gasteiger partial charge in [0, 0.05) is 19.2 Å². The fourth-order valence-corrected chi connectivity index (χ4v) is 2.04. The third-order valence-corrected chi connectivity index (χ3v) is 3.17. The maximum atomic E-state index is 8.96. The monoisotopic (exact) mass is 221 g/mol. The summed E-state index contributed by atoms with van der Waals surface area (Å²) in [5, 5.41) is 8.96. The minimum atomic E-state index is 0.118. The molecule has 1 unspecified atom stereocenters. The van der Waals surface area contributed by atoms with E-state index in [0.717, 1.165) is 31.7 Å². The van der Waals surface area contributed by atoms with Crippen LogP contribution in [-0.4, -0.2) is 36.3 Å². The fourth-order valence-electron chi connectivity index (χ4n) is 2.04.